The molecule has 0 unspecified atom stereocenters. The molecule has 174 valence electrons. The van der Waals surface area contributed by atoms with Gasteiger partial charge in [0, 0.05) is 25.0 Å². The van der Waals surface area contributed by atoms with Gasteiger partial charge in [-0.15, -0.1) is 5.10 Å². The summed E-state index contributed by atoms with van der Waals surface area (Å²) in [5.74, 6) is -0.250. The average Bonchev–Trinajstić information content (AvgIpc) is 3.42. The van der Waals surface area contributed by atoms with Gasteiger partial charge in [0.2, 0.25) is 5.82 Å². The number of carbonyl (C=O) groups is 2. The van der Waals surface area contributed by atoms with Crippen LogP contribution in [0.25, 0.3) is 16.7 Å². The van der Waals surface area contributed by atoms with Gasteiger partial charge >= 0.3 is 0 Å². The van der Waals surface area contributed by atoms with Crippen molar-refractivity contribution in [2.45, 2.75) is 26.3 Å². The van der Waals surface area contributed by atoms with E-state index in [9.17, 15) is 14.0 Å². The number of hydrogen-bond acceptors (Lipinski definition) is 5. The van der Waals surface area contributed by atoms with Gasteiger partial charge < -0.3 is 14.2 Å². The van der Waals surface area contributed by atoms with Gasteiger partial charge in [-0.25, -0.2) is 14.1 Å². The van der Waals surface area contributed by atoms with E-state index in [1.807, 2.05) is 38.1 Å². The van der Waals surface area contributed by atoms with E-state index in [1.54, 1.807) is 28.9 Å². The average molecular weight is 461 g/mol. The Morgan fingerprint density at radius 1 is 1.06 bits per heavy atom. The van der Waals surface area contributed by atoms with Crippen LogP contribution in [0.3, 0.4) is 0 Å². The lowest BCUT2D eigenvalue weighted by Crippen LogP contribution is -2.62. The molecule has 0 bridgehead atoms. The lowest BCUT2D eigenvalue weighted by atomic mass is 9.97. The van der Waals surface area contributed by atoms with Gasteiger partial charge in [-0.05, 0) is 45.0 Å². The molecule has 1 saturated heterocycles. The number of rotatable bonds is 3. The molecule has 0 spiro atoms. The molecular weight excluding hydrogens is 437 g/mol. The van der Waals surface area contributed by atoms with Crippen molar-refractivity contribution in [2.24, 2.45) is 0 Å². The van der Waals surface area contributed by atoms with Crippen LogP contribution in [0, 0.1) is 12.7 Å². The van der Waals surface area contributed by atoms with Crippen LogP contribution in [-0.2, 0) is 0 Å². The standard InChI is InChI=1S/C25H24FN5O3/c1-16-21(19-9-4-5-10-20(19)34-16)23(32)29-11-12-30(25(2,3)14-29)24(33)22-27-15-31(28-22)18-8-6-7-17(26)13-18/h4-10,13,15H,11-12,14H2,1-3H3. The van der Waals surface area contributed by atoms with Crippen molar-refractivity contribution in [3.63, 3.8) is 0 Å². The van der Waals surface area contributed by atoms with E-state index < -0.39 is 11.4 Å². The van der Waals surface area contributed by atoms with E-state index >= 15 is 0 Å². The quantitative estimate of drug-likeness (QED) is 0.463. The summed E-state index contributed by atoms with van der Waals surface area (Å²) in [6, 6.07) is 13.4. The van der Waals surface area contributed by atoms with Crippen LogP contribution < -0.4 is 0 Å². The maximum atomic E-state index is 13.6. The molecular formula is C25H24FN5O3. The van der Waals surface area contributed by atoms with Crippen molar-refractivity contribution in [2.75, 3.05) is 19.6 Å². The van der Waals surface area contributed by atoms with Gasteiger partial charge in [0.05, 0.1) is 16.8 Å². The Morgan fingerprint density at radius 2 is 1.85 bits per heavy atom. The molecule has 0 atom stereocenters. The molecule has 34 heavy (non-hydrogen) atoms. The lowest BCUT2D eigenvalue weighted by molar-refractivity contribution is 0.0160. The summed E-state index contributed by atoms with van der Waals surface area (Å²) in [5, 5.41) is 5.04. The van der Waals surface area contributed by atoms with E-state index in [2.05, 4.69) is 10.1 Å². The number of aryl methyl sites for hydroxylation is 1. The zero-order chi connectivity index (χ0) is 24.0. The number of piperazine rings is 1. The number of para-hydroxylation sites is 1. The topological polar surface area (TPSA) is 84.5 Å². The van der Waals surface area contributed by atoms with Gasteiger partial charge in [-0.2, -0.15) is 0 Å². The van der Waals surface area contributed by atoms with Crippen molar-refractivity contribution in [3.05, 3.63) is 77.8 Å². The Kier molecular flexibility index (Phi) is 5.19. The highest BCUT2D eigenvalue weighted by Gasteiger charge is 2.40. The smallest absolute Gasteiger partial charge is 0.294 e. The molecule has 1 aliphatic heterocycles. The number of carbonyl (C=O) groups excluding carboxylic acids is 2. The molecule has 9 heteroatoms. The number of aromatic nitrogens is 3. The summed E-state index contributed by atoms with van der Waals surface area (Å²) in [7, 11) is 0. The highest BCUT2D eigenvalue weighted by Crippen LogP contribution is 2.29. The van der Waals surface area contributed by atoms with Crippen LogP contribution in [0.4, 0.5) is 4.39 Å². The fourth-order valence-corrected chi connectivity index (χ4v) is 4.52. The van der Waals surface area contributed by atoms with E-state index in [-0.39, 0.29) is 17.6 Å². The first kappa shape index (κ1) is 21.8. The number of furan rings is 1. The summed E-state index contributed by atoms with van der Waals surface area (Å²) in [6.45, 7) is 6.67. The molecule has 3 heterocycles. The number of hydrogen-bond donors (Lipinski definition) is 0. The first-order chi connectivity index (χ1) is 16.2. The summed E-state index contributed by atoms with van der Waals surface area (Å²) >= 11 is 0. The fourth-order valence-electron chi connectivity index (χ4n) is 4.52. The number of benzene rings is 2. The third-order valence-electron chi connectivity index (χ3n) is 6.18. The molecule has 2 aromatic carbocycles. The summed E-state index contributed by atoms with van der Waals surface area (Å²) in [6.07, 6.45) is 1.39. The van der Waals surface area contributed by atoms with Crippen LogP contribution in [0.15, 0.2) is 59.3 Å². The second kappa shape index (κ2) is 8.09. The van der Waals surface area contributed by atoms with Gasteiger partial charge in [0.15, 0.2) is 0 Å². The van der Waals surface area contributed by atoms with Gasteiger partial charge in [0.1, 0.15) is 23.5 Å². The number of fused-ring (bicyclic) bond motifs is 1. The molecule has 2 amide bonds. The van der Waals surface area contributed by atoms with Crippen LogP contribution in [-0.4, -0.2) is 61.6 Å². The van der Waals surface area contributed by atoms with Crippen molar-refractivity contribution in [3.8, 4) is 5.69 Å². The Bertz CT molecular complexity index is 1410. The minimum Gasteiger partial charge on any atom is -0.461 e. The van der Waals surface area contributed by atoms with Crippen molar-refractivity contribution < 1.29 is 18.4 Å². The molecule has 0 saturated carbocycles. The van der Waals surface area contributed by atoms with Gasteiger partial charge in [-0.3, -0.25) is 9.59 Å². The largest absolute Gasteiger partial charge is 0.461 e. The molecule has 0 aliphatic carbocycles. The Balaban J connectivity index is 1.35. The second-order valence-corrected chi connectivity index (χ2v) is 9.02. The summed E-state index contributed by atoms with van der Waals surface area (Å²) in [5.41, 5.74) is 1.06. The van der Waals surface area contributed by atoms with E-state index in [0.29, 0.717) is 42.2 Å². The molecule has 0 radical (unpaired) electrons. The third kappa shape index (κ3) is 3.72. The molecule has 1 fully saturated rings. The monoisotopic (exact) mass is 461 g/mol. The highest BCUT2D eigenvalue weighted by molar-refractivity contribution is 6.07. The fraction of sp³-hybridized carbons (Fsp3) is 0.280. The Hall–Kier alpha value is -4.01. The van der Waals surface area contributed by atoms with E-state index in [0.717, 1.165) is 5.39 Å². The number of nitrogens with zero attached hydrogens (tertiary/aromatic N) is 5. The van der Waals surface area contributed by atoms with E-state index in [4.69, 9.17) is 4.42 Å². The molecule has 0 N–H and O–H groups in total. The van der Waals surface area contributed by atoms with Crippen LogP contribution in [0.1, 0.15) is 40.6 Å². The van der Waals surface area contributed by atoms with Crippen LogP contribution >= 0.6 is 0 Å². The lowest BCUT2D eigenvalue weighted by Gasteiger charge is -2.46. The number of halogens is 1. The zero-order valence-corrected chi connectivity index (χ0v) is 19.2. The van der Waals surface area contributed by atoms with Crippen molar-refractivity contribution in [1.29, 1.82) is 0 Å². The molecule has 8 nitrogen and oxygen atoms in total. The predicted molar refractivity (Wildman–Crippen MR) is 123 cm³/mol. The Labute approximate surface area is 195 Å². The maximum Gasteiger partial charge on any atom is 0.294 e. The van der Waals surface area contributed by atoms with Crippen LogP contribution in [0.5, 0.6) is 0 Å². The first-order valence-corrected chi connectivity index (χ1v) is 11.0. The zero-order valence-electron chi connectivity index (χ0n) is 19.2. The van der Waals surface area contributed by atoms with Crippen LogP contribution in [0.2, 0.25) is 0 Å². The second-order valence-electron chi connectivity index (χ2n) is 9.02. The minimum absolute atomic E-state index is 0.0220. The summed E-state index contributed by atoms with van der Waals surface area (Å²) in [4.78, 5) is 34.3. The molecule has 4 aromatic rings. The SMILES string of the molecule is Cc1oc2ccccc2c1C(=O)N1CCN(C(=O)c2ncn(-c3cccc(F)c3)n2)C(C)(C)C1. The van der Waals surface area contributed by atoms with Gasteiger partial charge in [0.25, 0.3) is 11.8 Å². The highest BCUT2D eigenvalue weighted by atomic mass is 19.1. The predicted octanol–water partition coefficient (Wildman–Crippen LogP) is 3.84. The van der Waals surface area contributed by atoms with Crippen molar-refractivity contribution in [1.82, 2.24) is 24.6 Å². The first-order valence-electron chi connectivity index (χ1n) is 11.0. The van der Waals surface area contributed by atoms with Gasteiger partial charge in [-0.1, -0.05) is 24.3 Å². The molecule has 1 aliphatic rings. The Morgan fingerprint density at radius 3 is 2.62 bits per heavy atom. The van der Waals surface area contributed by atoms with E-state index in [1.165, 1.54) is 23.1 Å². The summed E-state index contributed by atoms with van der Waals surface area (Å²) < 4.78 is 20.7. The molecule has 5 rings (SSSR count). The minimum atomic E-state index is -0.650. The maximum absolute atomic E-state index is 13.6. The molecule has 2 aromatic heterocycles. The third-order valence-corrected chi connectivity index (χ3v) is 6.18. The normalized spacial score (nSPS) is 15.6. The van der Waals surface area contributed by atoms with Crippen molar-refractivity contribution >= 4 is 22.8 Å². The number of amides is 2.